The number of amides is 1. The maximum absolute atomic E-state index is 12.1. The van der Waals surface area contributed by atoms with E-state index in [-0.39, 0.29) is 5.91 Å². The molecule has 1 unspecified atom stereocenters. The molecule has 0 aliphatic rings. The highest BCUT2D eigenvalue weighted by atomic mass is 16.2. The van der Waals surface area contributed by atoms with Crippen LogP contribution in [0.4, 0.5) is 5.69 Å². The lowest BCUT2D eigenvalue weighted by atomic mass is 10.1. The summed E-state index contributed by atoms with van der Waals surface area (Å²) in [6.45, 7) is 4.09. The number of benzene rings is 1. The fraction of sp³-hybridized carbons (Fsp3) is 0.375. The smallest absolute Gasteiger partial charge is 0.241 e. The number of hydrogen-bond acceptors (Lipinski definition) is 3. The van der Waals surface area contributed by atoms with Gasteiger partial charge in [0.05, 0.1) is 17.2 Å². The first-order valence-electron chi connectivity index (χ1n) is 7.04. The van der Waals surface area contributed by atoms with Gasteiger partial charge in [0.1, 0.15) is 0 Å². The Kier molecular flexibility index (Phi) is 4.69. The van der Waals surface area contributed by atoms with Crippen LogP contribution in [0.1, 0.15) is 31.7 Å². The molecular weight excluding hydrogens is 250 g/mol. The predicted molar refractivity (Wildman–Crippen MR) is 82.6 cm³/mol. The number of unbranched alkanes of at least 4 members (excludes halogenated alkanes) is 1. The molecule has 0 aliphatic carbocycles. The second-order valence-electron chi connectivity index (χ2n) is 5.07. The number of rotatable bonds is 5. The SMILES string of the molecule is CCCCC(N)C(=O)Nc1ccc(C)c2ncccc12. The highest BCUT2D eigenvalue weighted by molar-refractivity contribution is 6.03. The Balaban J connectivity index is 2.22. The van der Waals surface area contributed by atoms with Gasteiger partial charge < -0.3 is 11.1 Å². The molecule has 1 heterocycles. The Morgan fingerprint density at radius 3 is 2.95 bits per heavy atom. The van der Waals surface area contributed by atoms with Crippen LogP contribution in [0.3, 0.4) is 0 Å². The van der Waals surface area contributed by atoms with Crippen molar-refractivity contribution < 1.29 is 4.79 Å². The molecule has 1 atom stereocenters. The van der Waals surface area contributed by atoms with Crippen molar-refractivity contribution in [2.24, 2.45) is 5.73 Å². The van der Waals surface area contributed by atoms with Gasteiger partial charge in [0.15, 0.2) is 0 Å². The number of carbonyl (C=O) groups is 1. The number of fused-ring (bicyclic) bond motifs is 1. The molecule has 106 valence electrons. The first-order valence-corrected chi connectivity index (χ1v) is 7.04. The minimum Gasteiger partial charge on any atom is -0.324 e. The van der Waals surface area contributed by atoms with Gasteiger partial charge in [0, 0.05) is 11.6 Å². The second-order valence-corrected chi connectivity index (χ2v) is 5.07. The Labute approximate surface area is 119 Å². The normalized spacial score (nSPS) is 12.3. The topological polar surface area (TPSA) is 68.0 Å². The Morgan fingerprint density at radius 1 is 1.40 bits per heavy atom. The van der Waals surface area contributed by atoms with Crippen molar-refractivity contribution in [1.82, 2.24) is 4.98 Å². The molecule has 0 spiro atoms. The lowest BCUT2D eigenvalue weighted by Crippen LogP contribution is -2.35. The van der Waals surface area contributed by atoms with E-state index >= 15 is 0 Å². The summed E-state index contributed by atoms with van der Waals surface area (Å²) in [5.74, 6) is -0.132. The summed E-state index contributed by atoms with van der Waals surface area (Å²) < 4.78 is 0. The predicted octanol–water partition coefficient (Wildman–Crippen LogP) is 3.00. The van der Waals surface area contributed by atoms with Gasteiger partial charge >= 0.3 is 0 Å². The third-order valence-corrected chi connectivity index (χ3v) is 3.43. The fourth-order valence-electron chi connectivity index (χ4n) is 2.20. The van der Waals surface area contributed by atoms with Crippen LogP contribution in [-0.4, -0.2) is 16.9 Å². The summed E-state index contributed by atoms with van der Waals surface area (Å²) in [6.07, 6.45) is 4.47. The molecule has 0 aliphatic heterocycles. The van der Waals surface area contributed by atoms with Crippen LogP contribution in [0, 0.1) is 6.92 Å². The number of nitrogens with zero attached hydrogens (tertiary/aromatic N) is 1. The molecule has 0 radical (unpaired) electrons. The summed E-state index contributed by atoms with van der Waals surface area (Å²) >= 11 is 0. The number of hydrogen-bond donors (Lipinski definition) is 2. The van der Waals surface area contributed by atoms with E-state index in [9.17, 15) is 4.79 Å². The Morgan fingerprint density at radius 2 is 2.20 bits per heavy atom. The summed E-state index contributed by atoms with van der Waals surface area (Å²) in [5.41, 5.74) is 8.67. The Hall–Kier alpha value is -1.94. The van der Waals surface area contributed by atoms with Gasteiger partial charge in [0.25, 0.3) is 0 Å². The van der Waals surface area contributed by atoms with Crippen molar-refractivity contribution in [3.63, 3.8) is 0 Å². The van der Waals surface area contributed by atoms with Crippen LogP contribution in [0.15, 0.2) is 30.5 Å². The molecule has 0 bridgehead atoms. The van der Waals surface area contributed by atoms with E-state index in [1.54, 1.807) is 6.20 Å². The van der Waals surface area contributed by atoms with Crippen molar-refractivity contribution >= 4 is 22.5 Å². The third kappa shape index (κ3) is 3.14. The van der Waals surface area contributed by atoms with Crippen molar-refractivity contribution in [2.45, 2.75) is 39.2 Å². The van der Waals surface area contributed by atoms with Crippen molar-refractivity contribution in [1.29, 1.82) is 0 Å². The minimum atomic E-state index is -0.456. The third-order valence-electron chi connectivity index (χ3n) is 3.43. The van der Waals surface area contributed by atoms with E-state index in [1.807, 2.05) is 31.2 Å². The van der Waals surface area contributed by atoms with Gasteiger partial charge in [-0.05, 0) is 37.1 Å². The maximum Gasteiger partial charge on any atom is 0.241 e. The van der Waals surface area contributed by atoms with Crippen LogP contribution in [0.2, 0.25) is 0 Å². The number of nitrogens with two attached hydrogens (primary N) is 1. The number of anilines is 1. The first-order chi connectivity index (χ1) is 9.63. The van der Waals surface area contributed by atoms with Crippen LogP contribution in [0.25, 0.3) is 10.9 Å². The van der Waals surface area contributed by atoms with Crippen molar-refractivity contribution in [3.05, 3.63) is 36.0 Å². The molecule has 2 rings (SSSR count). The summed E-state index contributed by atoms with van der Waals surface area (Å²) in [7, 11) is 0. The van der Waals surface area contributed by atoms with E-state index in [4.69, 9.17) is 5.73 Å². The fourth-order valence-corrected chi connectivity index (χ4v) is 2.20. The van der Waals surface area contributed by atoms with E-state index in [0.29, 0.717) is 6.42 Å². The largest absolute Gasteiger partial charge is 0.324 e. The lowest BCUT2D eigenvalue weighted by Gasteiger charge is -2.14. The molecule has 4 heteroatoms. The zero-order valence-corrected chi connectivity index (χ0v) is 12.0. The molecule has 0 saturated heterocycles. The van der Waals surface area contributed by atoms with Crippen LogP contribution in [0.5, 0.6) is 0 Å². The van der Waals surface area contributed by atoms with E-state index in [0.717, 1.165) is 35.0 Å². The van der Waals surface area contributed by atoms with Gasteiger partial charge in [0.2, 0.25) is 5.91 Å². The molecular formula is C16H21N3O. The van der Waals surface area contributed by atoms with Crippen LogP contribution < -0.4 is 11.1 Å². The number of aryl methyl sites for hydroxylation is 1. The lowest BCUT2D eigenvalue weighted by molar-refractivity contribution is -0.117. The van der Waals surface area contributed by atoms with Crippen LogP contribution >= 0.6 is 0 Å². The maximum atomic E-state index is 12.1. The first kappa shape index (κ1) is 14.5. The molecule has 0 saturated carbocycles. The summed E-state index contributed by atoms with van der Waals surface area (Å²) in [4.78, 5) is 16.5. The zero-order valence-electron chi connectivity index (χ0n) is 12.0. The zero-order chi connectivity index (χ0) is 14.5. The standard InChI is InChI=1S/C16H21N3O/c1-3-4-7-13(17)16(20)19-14-9-8-11(2)15-12(14)6-5-10-18-15/h5-6,8-10,13H,3-4,7,17H2,1-2H3,(H,19,20). The molecule has 0 fully saturated rings. The summed E-state index contributed by atoms with van der Waals surface area (Å²) in [5, 5.41) is 3.86. The van der Waals surface area contributed by atoms with Crippen LogP contribution in [-0.2, 0) is 4.79 Å². The van der Waals surface area contributed by atoms with E-state index < -0.39 is 6.04 Å². The highest BCUT2D eigenvalue weighted by Crippen LogP contribution is 2.24. The minimum absolute atomic E-state index is 0.132. The van der Waals surface area contributed by atoms with Gasteiger partial charge in [-0.25, -0.2) is 0 Å². The van der Waals surface area contributed by atoms with E-state index in [1.165, 1.54) is 0 Å². The summed E-state index contributed by atoms with van der Waals surface area (Å²) in [6, 6.07) is 7.24. The molecule has 1 amide bonds. The molecule has 4 nitrogen and oxygen atoms in total. The van der Waals surface area contributed by atoms with Gasteiger partial charge in [-0.3, -0.25) is 9.78 Å². The average molecular weight is 271 g/mol. The number of nitrogens with one attached hydrogen (secondary N) is 1. The van der Waals surface area contributed by atoms with Gasteiger partial charge in [-0.15, -0.1) is 0 Å². The van der Waals surface area contributed by atoms with Crippen molar-refractivity contribution in [2.75, 3.05) is 5.32 Å². The number of carbonyl (C=O) groups excluding carboxylic acids is 1. The molecule has 3 N–H and O–H groups in total. The number of pyridine rings is 1. The van der Waals surface area contributed by atoms with E-state index in [2.05, 4.69) is 17.2 Å². The van der Waals surface area contributed by atoms with Crippen molar-refractivity contribution in [3.8, 4) is 0 Å². The van der Waals surface area contributed by atoms with Gasteiger partial charge in [-0.2, -0.15) is 0 Å². The quantitative estimate of drug-likeness (QED) is 0.878. The molecule has 2 aromatic rings. The van der Waals surface area contributed by atoms with Gasteiger partial charge in [-0.1, -0.05) is 25.8 Å². The molecule has 1 aromatic carbocycles. The monoisotopic (exact) mass is 271 g/mol. The average Bonchev–Trinajstić information content (AvgIpc) is 2.47. The molecule has 20 heavy (non-hydrogen) atoms. The molecule has 1 aromatic heterocycles. The highest BCUT2D eigenvalue weighted by Gasteiger charge is 2.14. The second kappa shape index (κ2) is 6.48. The Bertz CT molecular complexity index is 610. The number of aromatic nitrogens is 1.